The predicted octanol–water partition coefficient (Wildman–Crippen LogP) is 6.64. The fraction of sp³-hybridized carbons (Fsp3) is 0.394. The fourth-order valence-electron chi connectivity index (χ4n) is 5.22. The van der Waals surface area contributed by atoms with E-state index in [2.05, 4.69) is 64.9 Å². The molecule has 2 amide bonds. The van der Waals surface area contributed by atoms with Gasteiger partial charge in [0.25, 0.3) is 5.91 Å². The van der Waals surface area contributed by atoms with Gasteiger partial charge in [-0.25, -0.2) is 0 Å². The minimum absolute atomic E-state index is 0.00311. The first-order valence-electron chi connectivity index (χ1n) is 14.2. The highest BCUT2D eigenvalue weighted by molar-refractivity contribution is 6.02. The Bertz CT molecular complexity index is 1160. The molecule has 1 aliphatic rings. The van der Waals surface area contributed by atoms with E-state index in [4.69, 9.17) is 0 Å². The molecular formula is C33H41N3O2. The normalized spacial score (nSPS) is 13.8. The van der Waals surface area contributed by atoms with Crippen molar-refractivity contribution in [2.24, 2.45) is 5.92 Å². The molecule has 4 rings (SSSR count). The number of amides is 2. The summed E-state index contributed by atoms with van der Waals surface area (Å²) in [6.07, 6.45) is 7.58. The first-order valence-corrected chi connectivity index (χ1v) is 14.2. The molecule has 0 radical (unpaired) electrons. The Kier molecular flexibility index (Phi) is 10.4. The van der Waals surface area contributed by atoms with Crippen LogP contribution in [-0.4, -0.2) is 31.4 Å². The third-order valence-electron chi connectivity index (χ3n) is 7.40. The summed E-state index contributed by atoms with van der Waals surface area (Å²) in [7, 11) is 0. The van der Waals surface area contributed by atoms with Gasteiger partial charge < -0.3 is 15.5 Å². The number of carbonyl (C=O) groups is 2. The molecule has 1 saturated heterocycles. The summed E-state index contributed by atoms with van der Waals surface area (Å²) in [6.45, 7) is 4.54. The molecule has 0 aromatic heterocycles. The van der Waals surface area contributed by atoms with Crippen molar-refractivity contribution in [3.05, 3.63) is 95.6 Å². The molecule has 0 saturated carbocycles. The molecule has 0 bridgehead atoms. The summed E-state index contributed by atoms with van der Waals surface area (Å²) in [5.41, 5.74) is 4.85. The van der Waals surface area contributed by atoms with E-state index >= 15 is 0 Å². The maximum Gasteiger partial charge on any atom is 0.253 e. The van der Waals surface area contributed by atoms with E-state index < -0.39 is 0 Å². The zero-order valence-corrected chi connectivity index (χ0v) is 22.6. The Morgan fingerprint density at radius 1 is 0.868 bits per heavy atom. The number of carbonyl (C=O) groups excluding carboxylic acids is 2. The molecule has 5 heteroatoms. The highest BCUT2D eigenvalue weighted by Crippen LogP contribution is 2.30. The van der Waals surface area contributed by atoms with Crippen LogP contribution >= 0.6 is 0 Å². The lowest BCUT2D eigenvalue weighted by atomic mass is 9.89. The Balaban J connectivity index is 1.43. The maximum atomic E-state index is 13.4. The van der Waals surface area contributed by atoms with E-state index in [0.717, 1.165) is 63.7 Å². The van der Waals surface area contributed by atoms with Gasteiger partial charge in [-0.2, -0.15) is 0 Å². The Labute approximate surface area is 227 Å². The molecule has 3 aromatic carbocycles. The minimum Gasteiger partial charge on any atom is -0.371 e. The molecule has 5 nitrogen and oxygen atoms in total. The van der Waals surface area contributed by atoms with Gasteiger partial charge in [0.15, 0.2) is 0 Å². The van der Waals surface area contributed by atoms with Crippen LogP contribution in [0.2, 0.25) is 0 Å². The first-order chi connectivity index (χ1) is 18.6. The van der Waals surface area contributed by atoms with Gasteiger partial charge in [0.1, 0.15) is 0 Å². The first kappa shape index (κ1) is 27.4. The van der Waals surface area contributed by atoms with E-state index in [-0.39, 0.29) is 11.8 Å². The number of unbranched alkanes of at least 4 members (excludes halogenated alkanes) is 2. The van der Waals surface area contributed by atoms with Crippen molar-refractivity contribution in [2.45, 2.75) is 58.3 Å². The standard InChI is InChI=1S/C33H41N3O2/c1-2-3-6-15-32(37)35-29-16-17-31(30(25-29)33(38)34-21-18-26-11-7-4-8-12-26)36-22-19-28(20-23-36)24-27-13-9-5-10-14-27/h4-5,7-14,16-17,25,28H,2-3,6,15,18-24H2,1H3,(H,34,38)(H,35,37). The van der Waals surface area contributed by atoms with E-state index in [9.17, 15) is 9.59 Å². The number of piperidine rings is 1. The number of benzene rings is 3. The van der Waals surface area contributed by atoms with Gasteiger partial charge in [-0.15, -0.1) is 0 Å². The molecular weight excluding hydrogens is 470 g/mol. The number of nitrogens with one attached hydrogen (secondary N) is 2. The molecule has 3 aromatic rings. The Hall–Kier alpha value is -3.60. The third-order valence-corrected chi connectivity index (χ3v) is 7.40. The van der Waals surface area contributed by atoms with Gasteiger partial charge in [0.2, 0.25) is 5.91 Å². The molecule has 0 aliphatic carbocycles. The van der Waals surface area contributed by atoms with Crippen molar-refractivity contribution in [3.63, 3.8) is 0 Å². The minimum atomic E-state index is -0.0931. The van der Waals surface area contributed by atoms with Crippen LogP contribution in [0, 0.1) is 5.92 Å². The lowest BCUT2D eigenvalue weighted by molar-refractivity contribution is -0.116. The van der Waals surface area contributed by atoms with Crippen LogP contribution in [0.25, 0.3) is 0 Å². The second kappa shape index (κ2) is 14.4. The van der Waals surface area contributed by atoms with Crippen molar-refractivity contribution < 1.29 is 9.59 Å². The summed E-state index contributed by atoms with van der Waals surface area (Å²) in [5, 5.41) is 6.12. The summed E-state index contributed by atoms with van der Waals surface area (Å²) >= 11 is 0. The zero-order chi connectivity index (χ0) is 26.6. The Morgan fingerprint density at radius 3 is 2.24 bits per heavy atom. The number of rotatable bonds is 12. The van der Waals surface area contributed by atoms with Crippen molar-refractivity contribution in [2.75, 3.05) is 29.9 Å². The molecule has 1 heterocycles. The van der Waals surface area contributed by atoms with E-state index in [1.165, 1.54) is 11.1 Å². The second-order valence-electron chi connectivity index (χ2n) is 10.3. The topological polar surface area (TPSA) is 61.4 Å². The Morgan fingerprint density at radius 2 is 1.55 bits per heavy atom. The number of nitrogens with zero attached hydrogens (tertiary/aromatic N) is 1. The van der Waals surface area contributed by atoms with Crippen molar-refractivity contribution in [1.29, 1.82) is 0 Å². The summed E-state index contributed by atoms with van der Waals surface area (Å²) in [5.74, 6) is 0.561. The van der Waals surface area contributed by atoms with Crippen LogP contribution in [0.4, 0.5) is 11.4 Å². The molecule has 0 spiro atoms. The zero-order valence-electron chi connectivity index (χ0n) is 22.6. The van der Waals surface area contributed by atoms with Crippen LogP contribution in [0.3, 0.4) is 0 Å². The molecule has 2 N–H and O–H groups in total. The van der Waals surface area contributed by atoms with E-state index in [1.54, 1.807) is 0 Å². The molecule has 200 valence electrons. The monoisotopic (exact) mass is 511 g/mol. The van der Waals surface area contributed by atoms with E-state index in [0.29, 0.717) is 30.1 Å². The number of hydrogen-bond donors (Lipinski definition) is 2. The SMILES string of the molecule is CCCCCC(=O)Nc1ccc(N2CCC(Cc3ccccc3)CC2)c(C(=O)NCCc2ccccc2)c1. The fourth-order valence-corrected chi connectivity index (χ4v) is 5.22. The van der Waals surface area contributed by atoms with Gasteiger partial charge in [-0.05, 0) is 67.3 Å². The molecule has 0 atom stereocenters. The van der Waals surface area contributed by atoms with Crippen molar-refractivity contribution in [1.82, 2.24) is 5.32 Å². The molecule has 1 fully saturated rings. The largest absolute Gasteiger partial charge is 0.371 e. The van der Waals surface area contributed by atoms with Crippen molar-refractivity contribution in [3.8, 4) is 0 Å². The van der Waals surface area contributed by atoms with Crippen LogP contribution in [-0.2, 0) is 17.6 Å². The summed E-state index contributed by atoms with van der Waals surface area (Å²) in [4.78, 5) is 28.2. The van der Waals surface area contributed by atoms with Gasteiger partial charge >= 0.3 is 0 Å². The molecule has 1 aliphatic heterocycles. The lowest BCUT2D eigenvalue weighted by Gasteiger charge is -2.35. The average molecular weight is 512 g/mol. The van der Waals surface area contributed by atoms with Gasteiger partial charge in [0, 0.05) is 37.4 Å². The highest BCUT2D eigenvalue weighted by atomic mass is 16.2. The molecule has 38 heavy (non-hydrogen) atoms. The predicted molar refractivity (Wildman–Crippen MR) is 157 cm³/mol. The highest BCUT2D eigenvalue weighted by Gasteiger charge is 2.24. The summed E-state index contributed by atoms with van der Waals surface area (Å²) in [6, 6.07) is 26.7. The smallest absolute Gasteiger partial charge is 0.253 e. The van der Waals surface area contributed by atoms with Crippen LogP contribution < -0.4 is 15.5 Å². The lowest BCUT2D eigenvalue weighted by Crippen LogP contribution is -2.36. The third kappa shape index (κ3) is 8.20. The van der Waals surface area contributed by atoms with Gasteiger partial charge in [-0.3, -0.25) is 9.59 Å². The van der Waals surface area contributed by atoms with Gasteiger partial charge in [-0.1, -0.05) is 80.4 Å². The average Bonchev–Trinajstić information content (AvgIpc) is 2.95. The molecule has 0 unspecified atom stereocenters. The van der Waals surface area contributed by atoms with Gasteiger partial charge in [0.05, 0.1) is 5.56 Å². The number of hydrogen-bond acceptors (Lipinski definition) is 3. The second-order valence-corrected chi connectivity index (χ2v) is 10.3. The van der Waals surface area contributed by atoms with Crippen LogP contribution in [0.15, 0.2) is 78.9 Å². The maximum absolute atomic E-state index is 13.4. The van der Waals surface area contributed by atoms with E-state index in [1.807, 2.05) is 36.4 Å². The summed E-state index contributed by atoms with van der Waals surface area (Å²) < 4.78 is 0. The van der Waals surface area contributed by atoms with Crippen molar-refractivity contribution >= 4 is 23.2 Å². The van der Waals surface area contributed by atoms with Crippen LogP contribution in [0.5, 0.6) is 0 Å². The quantitative estimate of drug-likeness (QED) is 0.268. The number of anilines is 2. The van der Waals surface area contributed by atoms with Crippen LogP contribution in [0.1, 0.15) is 66.9 Å².